The first-order chi connectivity index (χ1) is 9.40. The largest absolute Gasteiger partial charge is 0.485 e. The molecule has 0 spiro atoms. The zero-order chi connectivity index (χ0) is 14.9. The number of ether oxygens (including phenoxy) is 1. The van der Waals surface area contributed by atoms with Gasteiger partial charge in [-0.25, -0.2) is 0 Å². The van der Waals surface area contributed by atoms with Gasteiger partial charge in [0.15, 0.2) is 6.61 Å². The molecule has 0 radical (unpaired) electrons. The number of Topliss-reactive ketones (excluding diaryl/α,β-unsaturated/α-hetero) is 1. The van der Waals surface area contributed by atoms with E-state index in [0.29, 0.717) is 21.4 Å². The first kappa shape index (κ1) is 14.9. The number of aromatic nitrogens is 1. The van der Waals surface area contributed by atoms with Gasteiger partial charge in [-0.1, -0.05) is 23.2 Å². The molecule has 1 aromatic heterocycles. The van der Waals surface area contributed by atoms with Gasteiger partial charge in [-0.05, 0) is 32.0 Å². The molecule has 0 unspecified atom stereocenters. The molecular formula is C15H15Cl2NO2. The molecule has 20 heavy (non-hydrogen) atoms. The van der Waals surface area contributed by atoms with Crippen LogP contribution in [-0.2, 0) is 7.05 Å². The van der Waals surface area contributed by atoms with E-state index in [9.17, 15) is 4.79 Å². The molecule has 0 amide bonds. The van der Waals surface area contributed by atoms with Gasteiger partial charge < -0.3 is 9.30 Å². The van der Waals surface area contributed by atoms with Crippen LogP contribution < -0.4 is 4.74 Å². The molecule has 0 fully saturated rings. The van der Waals surface area contributed by atoms with Crippen LogP contribution in [0.4, 0.5) is 0 Å². The van der Waals surface area contributed by atoms with Crippen molar-refractivity contribution < 1.29 is 9.53 Å². The number of halogens is 2. The predicted octanol–water partition coefficient (Wildman–Crippen LogP) is 4.21. The smallest absolute Gasteiger partial charge is 0.202 e. The number of carbonyl (C=O) groups is 1. The van der Waals surface area contributed by atoms with Crippen LogP contribution in [0.3, 0.4) is 0 Å². The minimum atomic E-state index is -0.0581. The van der Waals surface area contributed by atoms with Gasteiger partial charge in [0, 0.05) is 30.1 Å². The number of rotatable bonds is 4. The molecule has 0 bridgehead atoms. The molecule has 3 nitrogen and oxygen atoms in total. The van der Waals surface area contributed by atoms with Crippen molar-refractivity contribution in [1.82, 2.24) is 4.57 Å². The van der Waals surface area contributed by atoms with E-state index in [0.717, 1.165) is 11.4 Å². The summed E-state index contributed by atoms with van der Waals surface area (Å²) in [4.78, 5) is 12.2. The Morgan fingerprint density at radius 2 is 1.90 bits per heavy atom. The van der Waals surface area contributed by atoms with E-state index in [1.54, 1.807) is 18.2 Å². The van der Waals surface area contributed by atoms with Gasteiger partial charge in [-0.15, -0.1) is 0 Å². The quantitative estimate of drug-likeness (QED) is 0.792. The van der Waals surface area contributed by atoms with E-state index in [2.05, 4.69) is 0 Å². The molecule has 0 saturated heterocycles. The van der Waals surface area contributed by atoms with Gasteiger partial charge >= 0.3 is 0 Å². The van der Waals surface area contributed by atoms with Crippen LogP contribution >= 0.6 is 23.2 Å². The minimum Gasteiger partial charge on any atom is -0.485 e. The van der Waals surface area contributed by atoms with Crippen molar-refractivity contribution in [2.24, 2.45) is 7.05 Å². The first-order valence-electron chi connectivity index (χ1n) is 6.14. The summed E-state index contributed by atoms with van der Waals surface area (Å²) in [6.07, 6.45) is 0. The molecule has 5 heteroatoms. The van der Waals surface area contributed by atoms with Crippen molar-refractivity contribution >= 4 is 29.0 Å². The van der Waals surface area contributed by atoms with Gasteiger partial charge in [0.25, 0.3) is 0 Å². The summed E-state index contributed by atoms with van der Waals surface area (Å²) >= 11 is 11.7. The number of carbonyl (C=O) groups excluding carboxylic acids is 1. The highest BCUT2D eigenvalue weighted by Crippen LogP contribution is 2.26. The fraction of sp³-hybridized carbons (Fsp3) is 0.267. The van der Waals surface area contributed by atoms with Crippen LogP contribution in [0.1, 0.15) is 21.7 Å². The molecule has 106 valence electrons. The maximum Gasteiger partial charge on any atom is 0.202 e. The van der Waals surface area contributed by atoms with Crippen molar-refractivity contribution in [3.63, 3.8) is 0 Å². The average molecular weight is 312 g/mol. The van der Waals surface area contributed by atoms with E-state index in [4.69, 9.17) is 27.9 Å². The summed E-state index contributed by atoms with van der Waals surface area (Å²) in [5, 5.41) is 0.864. The second-order valence-electron chi connectivity index (χ2n) is 4.63. The topological polar surface area (TPSA) is 31.2 Å². The summed E-state index contributed by atoms with van der Waals surface area (Å²) in [7, 11) is 1.93. The van der Waals surface area contributed by atoms with Crippen LogP contribution in [0, 0.1) is 13.8 Å². The maximum atomic E-state index is 12.2. The van der Waals surface area contributed by atoms with E-state index in [1.165, 1.54) is 0 Å². The summed E-state index contributed by atoms with van der Waals surface area (Å²) in [6.45, 7) is 3.85. The van der Waals surface area contributed by atoms with Crippen LogP contribution in [-0.4, -0.2) is 17.0 Å². The van der Waals surface area contributed by atoms with Gasteiger partial charge in [-0.2, -0.15) is 0 Å². The molecule has 0 aliphatic rings. The van der Waals surface area contributed by atoms with Crippen molar-refractivity contribution in [1.29, 1.82) is 0 Å². The van der Waals surface area contributed by atoms with Gasteiger partial charge in [0.2, 0.25) is 5.78 Å². The van der Waals surface area contributed by atoms with Crippen LogP contribution in [0.25, 0.3) is 0 Å². The summed E-state index contributed by atoms with van der Waals surface area (Å²) < 4.78 is 7.44. The van der Waals surface area contributed by atoms with Gasteiger partial charge in [-0.3, -0.25) is 4.79 Å². The Morgan fingerprint density at radius 3 is 2.45 bits per heavy atom. The third kappa shape index (κ3) is 3.00. The van der Waals surface area contributed by atoms with Crippen LogP contribution in [0.2, 0.25) is 10.0 Å². The lowest BCUT2D eigenvalue weighted by Crippen LogP contribution is -2.12. The normalized spacial score (nSPS) is 10.7. The fourth-order valence-electron chi connectivity index (χ4n) is 1.93. The highest BCUT2D eigenvalue weighted by molar-refractivity contribution is 6.42. The monoisotopic (exact) mass is 311 g/mol. The number of hydrogen-bond acceptors (Lipinski definition) is 2. The summed E-state index contributed by atoms with van der Waals surface area (Å²) in [5.74, 6) is 0.468. The van der Waals surface area contributed by atoms with Crippen molar-refractivity contribution in [2.45, 2.75) is 13.8 Å². The minimum absolute atomic E-state index is 0.0255. The highest BCUT2D eigenvalue weighted by atomic mass is 35.5. The lowest BCUT2D eigenvalue weighted by atomic mass is 10.1. The zero-order valence-corrected chi connectivity index (χ0v) is 13.0. The molecule has 1 heterocycles. The molecular weight excluding hydrogens is 297 g/mol. The Morgan fingerprint density at radius 1 is 1.20 bits per heavy atom. The van der Waals surface area contributed by atoms with Gasteiger partial charge in [0.05, 0.1) is 10.0 Å². The Kier molecular flexibility index (Phi) is 4.41. The number of nitrogens with zero attached hydrogens (tertiary/aromatic N) is 1. The maximum absolute atomic E-state index is 12.2. The van der Waals surface area contributed by atoms with Crippen molar-refractivity contribution in [3.05, 3.63) is 51.3 Å². The Hall–Kier alpha value is -1.45. The Labute approximate surface area is 128 Å². The number of hydrogen-bond donors (Lipinski definition) is 0. The lowest BCUT2D eigenvalue weighted by Gasteiger charge is -2.07. The lowest BCUT2D eigenvalue weighted by molar-refractivity contribution is 0.0921. The highest BCUT2D eigenvalue weighted by Gasteiger charge is 2.14. The first-order valence-corrected chi connectivity index (χ1v) is 6.89. The molecule has 2 rings (SSSR count). The number of aryl methyl sites for hydroxylation is 1. The molecule has 0 aliphatic carbocycles. The number of benzene rings is 1. The average Bonchev–Trinajstić information content (AvgIpc) is 2.67. The summed E-state index contributed by atoms with van der Waals surface area (Å²) in [5.41, 5.74) is 2.66. The molecule has 0 atom stereocenters. The zero-order valence-electron chi connectivity index (χ0n) is 11.5. The van der Waals surface area contributed by atoms with E-state index < -0.39 is 0 Å². The van der Waals surface area contributed by atoms with Crippen molar-refractivity contribution in [3.8, 4) is 5.75 Å². The van der Waals surface area contributed by atoms with E-state index in [-0.39, 0.29) is 12.4 Å². The fourth-order valence-corrected chi connectivity index (χ4v) is 2.22. The number of ketones is 1. The second-order valence-corrected chi connectivity index (χ2v) is 5.45. The van der Waals surface area contributed by atoms with Crippen molar-refractivity contribution in [2.75, 3.05) is 6.61 Å². The SMILES string of the molecule is Cc1cc(C(=O)COc2ccc(Cl)c(Cl)c2)c(C)n1C. The summed E-state index contributed by atoms with van der Waals surface area (Å²) in [6, 6.07) is 6.79. The molecule has 0 saturated carbocycles. The molecule has 0 N–H and O–H groups in total. The molecule has 0 aliphatic heterocycles. The standard InChI is InChI=1S/C15H15Cl2NO2/c1-9-6-12(10(2)18(9)3)15(19)8-20-11-4-5-13(16)14(17)7-11/h4-7H,8H2,1-3H3. The molecule has 2 aromatic rings. The van der Waals surface area contributed by atoms with E-state index in [1.807, 2.05) is 31.5 Å². The van der Waals surface area contributed by atoms with Crippen LogP contribution in [0.5, 0.6) is 5.75 Å². The predicted molar refractivity (Wildman–Crippen MR) is 81.2 cm³/mol. The second kappa shape index (κ2) is 5.90. The third-order valence-corrected chi connectivity index (χ3v) is 4.08. The third-order valence-electron chi connectivity index (χ3n) is 3.34. The van der Waals surface area contributed by atoms with Crippen LogP contribution in [0.15, 0.2) is 24.3 Å². The Bertz CT molecular complexity index is 662. The molecule has 1 aromatic carbocycles. The van der Waals surface area contributed by atoms with Gasteiger partial charge in [0.1, 0.15) is 5.75 Å². The Balaban J connectivity index is 2.08. The van der Waals surface area contributed by atoms with E-state index >= 15 is 0 Å².